The van der Waals surface area contributed by atoms with Crippen LogP contribution in [0.5, 0.6) is 5.75 Å². The Bertz CT molecular complexity index is 420. The molecule has 20 heavy (non-hydrogen) atoms. The number of para-hydroxylation sites is 1. The van der Waals surface area contributed by atoms with Gasteiger partial charge in [-0.05, 0) is 31.0 Å². The second kappa shape index (κ2) is 8.59. The monoisotopic (exact) mass is 279 g/mol. The number of likely N-dealkylation sites (N-methyl/N-ethyl adjacent to an activating group) is 1. The van der Waals surface area contributed by atoms with E-state index in [1.807, 2.05) is 18.2 Å². The predicted octanol–water partition coefficient (Wildman–Crippen LogP) is 2.73. The minimum Gasteiger partial charge on any atom is -0.493 e. The van der Waals surface area contributed by atoms with Crippen LogP contribution in [0.1, 0.15) is 38.2 Å². The third-order valence-corrected chi connectivity index (χ3v) is 3.56. The molecule has 0 aliphatic rings. The van der Waals surface area contributed by atoms with Gasteiger partial charge in [0.15, 0.2) is 0 Å². The van der Waals surface area contributed by atoms with Crippen LogP contribution >= 0.6 is 0 Å². The molecule has 112 valence electrons. The van der Waals surface area contributed by atoms with Crippen molar-refractivity contribution in [1.82, 2.24) is 5.32 Å². The van der Waals surface area contributed by atoms with Crippen molar-refractivity contribution < 1.29 is 14.3 Å². The lowest BCUT2D eigenvalue weighted by molar-refractivity contribution is -0.143. The summed E-state index contributed by atoms with van der Waals surface area (Å²) in [5.74, 6) is 1.11. The van der Waals surface area contributed by atoms with E-state index in [1.165, 1.54) is 12.7 Å². The van der Waals surface area contributed by atoms with E-state index in [4.69, 9.17) is 9.47 Å². The first-order chi connectivity index (χ1) is 9.63. The molecule has 2 unspecified atom stereocenters. The fourth-order valence-electron chi connectivity index (χ4n) is 2.05. The Hall–Kier alpha value is -1.55. The molecule has 0 fully saturated rings. The molecule has 4 nitrogen and oxygen atoms in total. The van der Waals surface area contributed by atoms with Gasteiger partial charge in [-0.25, -0.2) is 0 Å². The summed E-state index contributed by atoms with van der Waals surface area (Å²) >= 11 is 0. The van der Waals surface area contributed by atoms with Crippen molar-refractivity contribution in [3.05, 3.63) is 29.8 Å². The molecule has 1 rings (SSSR count). The lowest BCUT2D eigenvalue weighted by atomic mass is 9.98. The van der Waals surface area contributed by atoms with E-state index in [1.54, 1.807) is 7.05 Å². The molecule has 1 aromatic rings. The van der Waals surface area contributed by atoms with Gasteiger partial charge in [0.1, 0.15) is 11.8 Å². The number of carbonyl (C=O) groups excluding carboxylic acids is 1. The lowest BCUT2D eigenvalue weighted by Crippen LogP contribution is -2.36. The highest BCUT2D eigenvalue weighted by molar-refractivity contribution is 5.75. The first kappa shape index (κ1) is 16.5. The third-order valence-electron chi connectivity index (χ3n) is 3.56. The number of methoxy groups -OCH3 is 1. The smallest absolute Gasteiger partial charge is 0.322 e. The standard InChI is InChI=1S/C16H25NO3/c1-5-12(2)13-8-6-7-9-15(13)20-11-10-14(17-3)16(18)19-4/h6-9,12,14,17H,5,10-11H2,1-4H3. The molecule has 0 aliphatic carbocycles. The van der Waals surface area contributed by atoms with Crippen molar-refractivity contribution in [2.24, 2.45) is 0 Å². The normalized spacial score (nSPS) is 13.6. The van der Waals surface area contributed by atoms with Gasteiger partial charge in [0.25, 0.3) is 0 Å². The van der Waals surface area contributed by atoms with E-state index in [0.717, 1.165) is 12.2 Å². The average molecular weight is 279 g/mol. The van der Waals surface area contributed by atoms with Gasteiger partial charge in [-0.3, -0.25) is 4.79 Å². The van der Waals surface area contributed by atoms with E-state index in [9.17, 15) is 4.79 Å². The van der Waals surface area contributed by atoms with Gasteiger partial charge in [0.05, 0.1) is 13.7 Å². The van der Waals surface area contributed by atoms with Crippen molar-refractivity contribution in [3.8, 4) is 5.75 Å². The van der Waals surface area contributed by atoms with E-state index in [0.29, 0.717) is 18.9 Å². The zero-order valence-electron chi connectivity index (χ0n) is 12.8. The van der Waals surface area contributed by atoms with Crippen LogP contribution in [0.15, 0.2) is 24.3 Å². The topological polar surface area (TPSA) is 47.6 Å². The maximum Gasteiger partial charge on any atom is 0.322 e. The van der Waals surface area contributed by atoms with Crippen LogP contribution in [-0.2, 0) is 9.53 Å². The number of hydrogen-bond donors (Lipinski definition) is 1. The van der Waals surface area contributed by atoms with E-state index >= 15 is 0 Å². The summed E-state index contributed by atoms with van der Waals surface area (Å²) in [5, 5.41) is 2.93. The van der Waals surface area contributed by atoms with Crippen molar-refractivity contribution in [2.75, 3.05) is 20.8 Å². The Labute approximate surface area is 121 Å². The fraction of sp³-hybridized carbons (Fsp3) is 0.562. The quantitative estimate of drug-likeness (QED) is 0.743. The molecule has 0 radical (unpaired) electrons. The van der Waals surface area contributed by atoms with E-state index < -0.39 is 0 Å². The molecular weight excluding hydrogens is 254 g/mol. The Kier molecular flexibility index (Phi) is 7.09. The Morgan fingerprint density at radius 3 is 2.65 bits per heavy atom. The number of carbonyl (C=O) groups is 1. The maximum atomic E-state index is 11.5. The summed E-state index contributed by atoms with van der Waals surface area (Å²) in [6, 6.07) is 7.75. The molecule has 0 saturated heterocycles. The lowest BCUT2D eigenvalue weighted by Gasteiger charge is -2.17. The summed E-state index contributed by atoms with van der Waals surface area (Å²) in [6.07, 6.45) is 1.65. The molecule has 0 aliphatic heterocycles. The minimum absolute atomic E-state index is 0.258. The molecular formula is C16H25NO3. The Morgan fingerprint density at radius 1 is 1.35 bits per heavy atom. The van der Waals surface area contributed by atoms with Crippen LogP contribution in [0.25, 0.3) is 0 Å². The number of benzene rings is 1. The van der Waals surface area contributed by atoms with Gasteiger partial charge in [-0.1, -0.05) is 32.0 Å². The highest BCUT2D eigenvalue weighted by Crippen LogP contribution is 2.28. The van der Waals surface area contributed by atoms with Crippen LogP contribution in [0.4, 0.5) is 0 Å². The molecule has 4 heteroatoms. The SMILES string of the molecule is CCC(C)c1ccccc1OCCC(NC)C(=O)OC. The Balaban J connectivity index is 2.59. The van der Waals surface area contributed by atoms with Crippen molar-refractivity contribution in [2.45, 2.75) is 38.6 Å². The summed E-state index contributed by atoms with van der Waals surface area (Å²) < 4.78 is 10.6. The number of nitrogens with one attached hydrogen (secondary N) is 1. The van der Waals surface area contributed by atoms with Gasteiger partial charge >= 0.3 is 5.97 Å². The predicted molar refractivity (Wildman–Crippen MR) is 80.1 cm³/mol. The summed E-state index contributed by atoms with van der Waals surface area (Å²) in [4.78, 5) is 11.5. The molecule has 1 N–H and O–H groups in total. The highest BCUT2D eigenvalue weighted by atomic mass is 16.5. The number of rotatable bonds is 8. The van der Waals surface area contributed by atoms with Gasteiger partial charge in [-0.15, -0.1) is 0 Å². The second-order valence-electron chi connectivity index (χ2n) is 4.85. The zero-order chi connectivity index (χ0) is 15.0. The molecule has 1 aromatic carbocycles. The average Bonchev–Trinajstić information content (AvgIpc) is 2.50. The van der Waals surface area contributed by atoms with E-state index in [-0.39, 0.29) is 12.0 Å². The first-order valence-corrected chi connectivity index (χ1v) is 7.10. The second-order valence-corrected chi connectivity index (χ2v) is 4.85. The summed E-state index contributed by atoms with van der Waals surface area (Å²) in [7, 11) is 3.14. The number of ether oxygens (including phenoxy) is 2. The summed E-state index contributed by atoms with van der Waals surface area (Å²) in [6.45, 7) is 4.83. The number of esters is 1. The fourth-order valence-corrected chi connectivity index (χ4v) is 2.05. The van der Waals surface area contributed by atoms with Gasteiger partial charge < -0.3 is 14.8 Å². The summed E-state index contributed by atoms with van der Waals surface area (Å²) in [5.41, 5.74) is 1.22. The molecule has 2 atom stereocenters. The zero-order valence-corrected chi connectivity index (χ0v) is 12.8. The van der Waals surface area contributed by atoms with Crippen molar-refractivity contribution in [3.63, 3.8) is 0 Å². The largest absolute Gasteiger partial charge is 0.493 e. The van der Waals surface area contributed by atoms with Crippen LogP contribution in [0, 0.1) is 0 Å². The van der Waals surface area contributed by atoms with Crippen LogP contribution in [-0.4, -0.2) is 32.8 Å². The van der Waals surface area contributed by atoms with Crippen molar-refractivity contribution >= 4 is 5.97 Å². The van der Waals surface area contributed by atoms with Gasteiger partial charge in [0, 0.05) is 6.42 Å². The molecule has 0 heterocycles. The van der Waals surface area contributed by atoms with Crippen LogP contribution in [0.2, 0.25) is 0 Å². The van der Waals surface area contributed by atoms with Gasteiger partial charge in [-0.2, -0.15) is 0 Å². The molecule has 0 bridgehead atoms. The molecule has 0 aromatic heterocycles. The minimum atomic E-state index is -0.323. The maximum absolute atomic E-state index is 11.5. The molecule has 0 spiro atoms. The number of hydrogen-bond acceptors (Lipinski definition) is 4. The Morgan fingerprint density at radius 2 is 2.05 bits per heavy atom. The first-order valence-electron chi connectivity index (χ1n) is 7.10. The third kappa shape index (κ3) is 4.53. The van der Waals surface area contributed by atoms with Crippen LogP contribution < -0.4 is 10.1 Å². The van der Waals surface area contributed by atoms with E-state index in [2.05, 4.69) is 25.2 Å². The molecule has 0 amide bonds. The highest BCUT2D eigenvalue weighted by Gasteiger charge is 2.17. The van der Waals surface area contributed by atoms with Crippen LogP contribution in [0.3, 0.4) is 0 Å². The van der Waals surface area contributed by atoms with Crippen molar-refractivity contribution in [1.29, 1.82) is 0 Å². The van der Waals surface area contributed by atoms with Gasteiger partial charge in [0.2, 0.25) is 0 Å². The molecule has 0 saturated carbocycles.